The van der Waals surface area contributed by atoms with Crippen LogP contribution >= 0.6 is 11.6 Å². The summed E-state index contributed by atoms with van der Waals surface area (Å²) in [5, 5.41) is 1.46. The number of rotatable bonds is 3. The lowest BCUT2D eigenvalue weighted by molar-refractivity contribution is 0.406. The predicted molar refractivity (Wildman–Crippen MR) is 82.0 cm³/mol. The molecule has 5 heteroatoms. The van der Waals surface area contributed by atoms with Crippen LogP contribution in [0.25, 0.3) is 11.0 Å². The van der Waals surface area contributed by atoms with Crippen LogP contribution in [-0.2, 0) is 0 Å². The first-order valence-electron chi connectivity index (χ1n) is 6.59. The van der Waals surface area contributed by atoms with Gasteiger partial charge in [-0.25, -0.2) is 0 Å². The Morgan fingerprint density at radius 2 is 1.90 bits per heavy atom. The zero-order valence-corrected chi connectivity index (χ0v) is 12.8. The molecule has 1 unspecified atom stereocenters. The summed E-state index contributed by atoms with van der Waals surface area (Å²) in [7, 11) is 1.58. The minimum atomic E-state index is -0.390. The highest BCUT2D eigenvalue weighted by molar-refractivity contribution is 6.31. The van der Waals surface area contributed by atoms with E-state index >= 15 is 0 Å². The van der Waals surface area contributed by atoms with Crippen molar-refractivity contribution in [3.05, 3.63) is 52.1 Å². The molecule has 0 amide bonds. The van der Waals surface area contributed by atoms with Crippen molar-refractivity contribution in [1.29, 1.82) is 0 Å². The molecule has 1 atom stereocenters. The molecule has 4 nitrogen and oxygen atoms in total. The van der Waals surface area contributed by atoms with Gasteiger partial charge in [-0.15, -0.1) is 0 Å². The number of benzene rings is 1. The Balaban J connectivity index is 2.10. The lowest BCUT2D eigenvalue weighted by atomic mass is 10.1. The van der Waals surface area contributed by atoms with Crippen LogP contribution in [0.15, 0.2) is 33.1 Å². The van der Waals surface area contributed by atoms with E-state index in [1.165, 1.54) is 0 Å². The molecule has 0 spiro atoms. The largest absolute Gasteiger partial charge is 0.493 e. The molecule has 1 aromatic carbocycles. The average molecular weight is 306 g/mol. The second kappa shape index (κ2) is 5.13. The Kier molecular flexibility index (Phi) is 3.43. The van der Waals surface area contributed by atoms with Crippen molar-refractivity contribution in [2.45, 2.75) is 19.9 Å². The third-order valence-electron chi connectivity index (χ3n) is 3.51. The first kappa shape index (κ1) is 14.0. The molecule has 0 bridgehead atoms. The molecule has 0 saturated carbocycles. The van der Waals surface area contributed by atoms with Crippen LogP contribution in [0, 0.1) is 13.8 Å². The van der Waals surface area contributed by atoms with E-state index in [1.807, 2.05) is 32.0 Å². The second-order valence-corrected chi connectivity index (χ2v) is 5.46. The summed E-state index contributed by atoms with van der Waals surface area (Å²) in [4.78, 5) is 0. The molecular formula is C16H16ClNO3. The quantitative estimate of drug-likeness (QED) is 0.781. The number of hydrogen-bond donors (Lipinski definition) is 1. The Morgan fingerprint density at radius 1 is 1.14 bits per heavy atom. The van der Waals surface area contributed by atoms with Gasteiger partial charge in [0.05, 0.1) is 13.2 Å². The second-order valence-electron chi connectivity index (χ2n) is 5.02. The fraction of sp³-hybridized carbons (Fsp3) is 0.250. The highest BCUT2D eigenvalue weighted by Gasteiger charge is 2.20. The third-order valence-corrected chi connectivity index (χ3v) is 3.73. The fourth-order valence-corrected chi connectivity index (χ4v) is 2.74. The fourth-order valence-electron chi connectivity index (χ4n) is 2.52. The molecule has 2 N–H and O–H groups in total. The van der Waals surface area contributed by atoms with E-state index in [-0.39, 0.29) is 0 Å². The molecule has 2 aromatic heterocycles. The number of ether oxygens (including phenoxy) is 1. The van der Waals surface area contributed by atoms with Gasteiger partial charge in [0.25, 0.3) is 0 Å². The molecular weight excluding hydrogens is 290 g/mol. The van der Waals surface area contributed by atoms with E-state index in [4.69, 9.17) is 30.9 Å². The van der Waals surface area contributed by atoms with E-state index in [1.54, 1.807) is 13.2 Å². The maximum Gasteiger partial charge on any atom is 0.176 e. The van der Waals surface area contributed by atoms with Crippen LogP contribution in [-0.4, -0.2) is 7.11 Å². The van der Waals surface area contributed by atoms with Crippen molar-refractivity contribution in [3.8, 4) is 5.75 Å². The Morgan fingerprint density at radius 3 is 2.52 bits per heavy atom. The van der Waals surface area contributed by atoms with Crippen molar-refractivity contribution in [1.82, 2.24) is 0 Å². The number of hydrogen-bond acceptors (Lipinski definition) is 4. The van der Waals surface area contributed by atoms with Gasteiger partial charge in [0.1, 0.15) is 17.3 Å². The summed E-state index contributed by atoms with van der Waals surface area (Å²) in [5.74, 6) is 2.87. The van der Waals surface area contributed by atoms with E-state index in [9.17, 15) is 0 Å². The number of nitrogens with two attached hydrogens (primary N) is 1. The topological polar surface area (TPSA) is 61.5 Å². The third kappa shape index (κ3) is 2.41. The van der Waals surface area contributed by atoms with Crippen molar-refractivity contribution >= 4 is 22.6 Å². The molecule has 21 heavy (non-hydrogen) atoms. The molecule has 110 valence electrons. The molecule has 3 aromatic rings. The summed E-state index contributed by atoms with van der Waals surface area (Å²) in [6.07, 6.45) is 0. The zero-order chi connectivity index (χ0) is 15.1. The molecule has 2 heterocycles. The van der Waals surface area contributed by atoms with Gasteiger partial charge in [-0.1, -0.05) is 11.6 Å². The standard InChI is InChI=1S/C16H16ClNO3/c1-8-4-12(9(2)20-8)15(18)13-6-10-5-11(17)7-14(19-3)16(10)21-13/h4-7,15H,18H2,1-3H3. The number of furan rings is 2. The van der Waals surface area contributed by atoms with Crippen LogP contribution in [0.4, 0.5) is 0 Å². The van der Waals surface area contributed by atoms with E-state index < -0.39 is 6.04 Å². The van der Waals surface area contributed by atoms with Gasteiger partial charge in [0.15, 0.2) is 11.3 Å². The Labute approximate surface area is 127 Å². The SMILES string of the molecule is COc1cc(Cl)cc2cc(C(N)c3cc(C)oc3C)oc12. The van der Waals surface area contributed by atoms with Crippen LogP contribution in [0.2, 0.25) is 5.02 Å². The van der Waals surface area contributed by atoms with Gasteiger partial charge in [-0.2, -0.15) is 0 Å². The maximum absolute atomic E-state index is 6.30. The van der Waals surface area contributed by atoms with Gasteiger partial charge in [0, 0.05) is 22.0 Å². The van der Waals surface area contributed by atoms with Crippen molar-refractivity contribution < 1.29 is 13.6 Å². The smallest absolute Gasteiger partial charge is 0.176 e. The van der Waals surface area contributed by atoms with E-state index in [2.05, 4.69) is 0 Å². The lowest BCUT2D eigenvalue weighted by Crippen LogP contribution is -2.10. The van der Waals surface area contributed by atoms with Crippen molar-refractivity contribution in [2.75, 3.05) is 7.11 Å². The van der Waals surface area contributed by atoms with Gasteiger partial charge >= 0.3 is 0 Å². The van der Waals surface area contributed by atoms with Crippen LogP contribution in [0.1, 0.15) is 28.9 Å². The normalized spacial score (nSPS) is 12.8. The maximum atomic E-state index is 6.30. The summed E-state index contributed by atoms with van der Waals surface area (Å²) < 4.78 is 16.7. The highest BCUT2D eigenvalue weighted by Crippen LogP contribution is 2.35. The minimum Gasteiger partial charge on any atom is -0.493 e. The summed E-state index contributed by atoms with van der Waals surface area (Å²) >= 11 is 6.07. The minimum absolute atomic E-state index is 0.390. The van der Waals surface area contributed by atoms with Crippen molar-refractivity contribution in [2.24, 2.45) is 5.73 Å². The molecule has 0 aliphatic heterocycles. The lowest BCUT2D eigenvalue weighted by Gasteiger charge is -2.06. The van der Waals surface area contributed by atoms with Gasteiger partial charge in [0.2, 0.25) is 0 Å². The number of halogens is 1. The average Bonchev–Trinajstić information content (AvgIpc) is 3.00. The molecule has 0 radical (unpaired) electrons. The summed E-state index contributed by atoms with van der Waals surface area (Å²) in [6.45, 7) is 3.78. The summed E-state index contributed by atoms with van der Waals surface area (Å²) in [6, 6.07) is 6.97. The molecule has 3 rings (SSSR count). The zero-order valence-electron chi connectivity index (χ0n) is 12.1. The predicted octanol–water partition coefficient (Wildman–Crippen LogP) is 4.35. The van der Waals surface area contributed by atoms with Crippen LogP contribution in [0.3, 0.4) is 0 Å². The molecule has 0 aliphatic carbocycles. The Bertz CT molecular complexity index is 803. The van der Waals surface area contributed by atoms with Gasteiger partial charge < -0.3 is 19.3 Å². The summed E-state index contributed by atoms with van der Waals surface area (Å²) in [5.41, 5.74) is 7.85. The van der Waals surface area contributed by atoms with Crippen LogP contribution < -0.4 is 10.5 Å². The monoisotopic (exact) mass is 305 g/mol. The molecule has 0 saturated heterocycles. The van der Waals surface area contributed by atoms with Crippen molar-refractivity contribution in [3.63, 3.8) is 0 Å². The number of fused-ring (bicyclic) bond motifs is 1. The molecule has 0 aliphatic rings. The number of aryl methyl sites for hydroxylation is 2. The highest BCUT2D eigenvalue weighted by atomic mass is 35.5. The van der Waals surface area contributed by atoms with Gasteiger partial charge in [-0.05, 0) is 32.0 Å². The van der Waals surface area contributed by atoms with E-state index in [0.717, 1.165) is 22.5 Å². The van der Waals surface area contributed by atoms with Crippen LogP contribution in [0.5, 0.6) is 5.75 Å². The van der Waals surface area contributed by atoms with Gasteiger partial charge in [-0.3, -0.25) is 0 Å². The van der Waals surface area contributed by atoms with E-state index in [0.29, 0.717) is 22.1 Å². The molecule has 0 fully saturated rings. The number of methoxy groups -OCH3 is 1. The Hall–Kier alpha value is -1.91. The first-order valence-corrected chi connectivity index (χ1v) is 6.97. The first-order chi connectivity index (χ1) is 9.99.